The minimum atomic E-state index is -0.399. The number of amides is 1. The van der Waals surface area contributed by atoms with E-state index in [9.17, 15) is 9.59 Å². The van der Waals surface area contributed by atoms with E-state index in [1.165, 1.54) is 20.0 Å². The van der Waals surface area contributed by atoms with Crippen molar-refractivity contribution in [3.8, 4) is 0 Å². The normalized spacial score (nSPS) is 12.6. The van der Waals surface area contributed by atoms with Crippen LogP contribution < -0.4 is 11.5 Å². The molecule has 1 heterocycles. The molecule has 4 aromatic carbocycles. The van der Waals surface area contributed by atoms with Crippen molar-refractivity contribution in [2.24, 2.45) is 17.4 Å². The molecule has 1 fully saturated rings. The van der Waals surface area contributed by atoms with Gasteiger partial charge in [0.2, 0.25) is 0 Å². The van der Waals surface area contributed by atoms with Gasteiger partial charge in [0.15, 0.2) is 0 Å². The Morgan fingerprint density at radius 1 is 0.830 bits per heavy atom. The van der Waals surface area contributed by atoms with Gasteiger partial charge in [0.25, 0.3) is 5.91 Å². The Labute approximate surface area is 274 Å². The molecule has 1 aromatic heterocycles. The number of carbonyl (C=O) groups is 2. The number of nitrogens with zero attached hydrogens (tertiary/aromatic N) is 3. The number of esters is 1. The largest absolute Gasteiger partial charge is 0.465 e. The van der Waals surface area contributed by atoms with Crippen LogP contribution in [0, 0.1) is 11.3 Å². The van der Waals surface area contributed by atoms with E-state index in [-0.39, 0.29) is 11.7 Å². The van der Waals surface area contributed by atoms with Crippen LogP contribution in [-0.4, -0.2) is 39.3 Å². The SMILES string of the molecule is COC(=O)c1ccc(CN(Cc2ccc(CN)cc2)C(=O)c2ccc3c(c2)nc(CCc2ccc(C(=N)N)cc2)n3CC2CC2)cc1. The summed E-state index contributed by atoms with van der Waals surface area (Å²) < 4.78 is 7.16. The lowest BCUT2D eigenvalue weighted by Crippen LogP contribution is -2.30. The first kappa shape index (κ1) is 31.7. The summed E-state index contributed by atoms with van der Waals surface area (Å²) in [6, 6.07) is 28.8. The van der Waals surface area contributed by atoms with Crippen molar-refractivity contribution < 1.29 is 14.3 Å². The van der Waals surface area contributed by atoms with E-state index in [2.05, 4.69) is 4.57 Å². The van der Waals surface area contributed by atoms with Crippen molar-refractivity contribution in [3.63, 3.8) is 0 Å². The molecule has 6 rings (SSSR count). The number of nitrogen functional groups attached to an aromatic ring is 1. The molecule has 0 aliphatic heterocycles. The van der Waals surface area contributed by atoms with E-state index in [0.29, 0.717) is 42.2 Å². The van der Waals surface area contributed by atoms with Crippen LogP contribution in [0.1, 0.15) is 67.2 Å². The quantitative estimate of drug-likeness (QED) is 0.0881. The summed E-state index contributed by atoms with van der Waals surface area (Å²) in [6.45, 7) is 2.15. The number of imidazole rings is 1. The Hall–Kier alpha value is -5.28. The van der Waals surface area contributed by atoms with Crippen molar-refractivity contribution in [2.45, 2.75) is 51.9 Å². The average Bonchev–Trinajstić information content (AvgIpc) is 3.86. The number of methoxy groups -OCH3 is 1. The van der Waals surface area contributed by atoms with Crippen LogP contribution in [-0.2, 0) is 43.8 Å². The van der Waals surface area contributed by atoms with Crippen molar-refractivity contribution in [1.82, 2.24) is 14.5 Å². The van der Waals surface area contributed by atoms with Crippen LogP contribution in [0.15, 0.2) is 91.0 Å². The smallest absolute Gasteiger partial charge is 0.337 e. The minimum Gasteiger partial charge on any atom is -0.465 e. The number of nitrogens with one attached hydrogen (secondary N) is 1. The van der Waals surface area contributed by atoms with Gasteiger partial charge in [0.05, 0.1) is 23.7 Å². The van der Waals surface area contributed by atoms with Gasteiger partial charge in [-0.05, 0) is 77.8 Å². The summed E-state index contributed by atoms with van der Waals surface area (Å²) in [5.41, 5.74) is 19.1. The summed E-state index contributed by atoms with van der Waals surface area (Å²) in [4.78, 5) is 33.0. The Kier molecular flexibility index (Phi) is 9.45. The van der Waals surface area contributed by atoms with Gasteiger partial charge < -0.3 is 25.7 Å². The van der Waals surface area contributed by atoms with Crippen molar-refractivity contribution in [1.29, 1.82) is 5.41 Å². The number of ether oxygens (including phenoxy) is 1. The molecule has 0 atom stereocenters. The monoisotopic (exact) mass is 628 g/mol. The third-order valence-electron chi connectivity index (χ3n) is 8.78. The summed E-state index contributed by atoms with van der Waals surface area (Å²) in [6.07, 6.45) is 4.02. The lowest BCUT2D eigenvalue weighted by Gasteiger charge is -2.23. The second-order valence-corrected chi connectivity index (χ2v) is 12.3. The average molecular weight is 629 g/mol. The first-order valence-electron chi connectivity index (χ1n) is 16.0. The molecule has 240 valence electrons. The predicted octanol–water partition coefficient (Wildman–Crippen LogP) is 5.60. The highest BCUT2D eigenvalue weighted by Gasteiger charge is 2.25. The zero-order valence-electron chi connectivity index (χ0n) is 26.6. The highest BCUT2D eigenvalue weighted by molar-refractivity contribution is 5.97. The van der Waals surface area contributed by atoms with Crippen LogP contribution in [0.4, 0.5) is 0 Å². The molecule has 1 amide bonds. The van der Waals surface area contributed by atoms with Gasteiger partial charge in [-0.3, -0.25) is 10.2 Å². The van der Waals surface area contributed by atoms with E-state index >= 15 is 0 Å². The van der Waals surface area contributed by atoms with Crippen LogP contribution in [0.5, 0.6) is 0 Å². The van der Waals surface area contributed by atoms with Gasteiger partial charge in [-0.1, -0.05) is 60.7 Å². The van der Waals surface area contributed by atoms with Gasteiger partial charge in [-0.15, -0.1) is 0 Å². The molecule has 0 saturated heterocycles. The number of carbonyl (C=O) groups excluding carboxylic acids is 2. The Bertz CT molecular complexity index is 1890. The topological polar surface area (TPSA) is 140 Å². The lowest BCUT2D eigenvalue weighted by atomic mass is 10.1. The Balaban J connectivity index is 1.27. The fourth-order valence-electron chi connectivity index (χ4n) is 5.84. The molecule has 5 N–H and O–H groups in total. The third-order valence-corrected chi connectivity index (χ3v) is 8.78. The van der Waals surface area contributed by atoms with Crippen molar-refractivity contribution in [3.05, 3.63) is 136 Å². The van der Waals surface area contributed by atoms with Crippen LogP contribution in [0.25, 0.3) is 11.0 Å². The van der Waals surface area contributed by atoms with E-state index in [0.717, 1.165) is 58.5 Å². The number of hydrogen-bond acceptors (Lipinski definition) is 6. The summed E-state index contributed by atoms with van der Waals surface area (Å²) in [5.74, 6) is 1.23. The predicted molar refractivity (Wildman–Crippen MR) is 183 cm³/mol. The Morgan fingerprint density at radius 3 is 2.00 bits per heavy atom. The highest BCUT2D eigenvalue weighted by Crippen LogP contribution is 2.33. The van der Waals surface area contributed by atoms with Gasteiger partial charge in [-0.2, -0.15) is 0 Å². The Morgan fingerprint density at radius 2 is 1.40 bits per heavy atom. The van der Waals surface area contributed by atoms with Crippen molar-refractivity contribution in [2.75, 3.05) is 7.11 Å². The van der Waals surface area contributed by atoms with E-state index in [1.54, 1.807) is 12.1 Å². The van der Waals surface area contributed by atoms with E-state index < -0.39 is 5.97 Å². The molecular weight excluding hydrogens is 588 g/mol. The number of nitrogens with two attached hydrogens (primary N) is 2. The number of hydrogen-bond donors (Lipinski definition) is 3. The first-order chi connectivity index (χ1) is 22.8. The molecule has 1 saturated carbocycles. The second-order valence-electron chi connectivity index (χ2n) is 12.3. The van der Waals surface area contributed by atoms with Gasteiger partial charge in [0, 0.05) is 43.7 Å². The number of rotatable bonds is 13. The zero-order valence-corrected chi connectivity index (χ0v) is 26.6. The van der Waals surface area contributed by atoms with E-state index in [4.69, 9.17) is 26.6 Å². The van der Waals surface area contributed by atoms with Crippen LogP contribution >= 0.6 is 0 Å². The molecule has 5 aromatic rings. The number of amidine groups is 1. The molecule has 0 bridgehead atoms. The maximum Gasteiger partial charge on any atom is 0.337 e. The fourth-order valence-corrected chi connectivity index (χ4v) is 5.84. The lowest BCUT2D eigenvalue weighted by molar-refractivity contribution is 0.0600. The highest BCUT2D eigenvalue weighted by atomic mass is 16.5. The number of benzene rings is 4. The second kappa shape index (κ2) is 14.0. The van der Waals surface area contributed by atoms with Crippen LogP contribution in [0.3, 0.4) is 0 Å². The number of fused-ring (bicyclic) bond motifs is 1. The van der Waals surface area contributed by atoms with Gasteiger partial charge >= 0.3 is 5.97 Å². The van der Waals surface area contributed by atoms with Gasteiger partial charge in [-0.25, -0.2) is 9.78 Å². The van der Waals surface area contributed by atoms with Gasteiger partial charge in [0.1, 0.15) is 11.7 Å². The first-order valence-corrected chi connectivity index (χ1v) is 16.0. The molecule has 0 radical (unpaired) electrons. The summed E-state index contributed by atoms with van der Waals surface area (Å²) in [5, 5.41) is 7.65. The summed E-state index contributed by atoms with van der Waals surface area (Å²) in [7, 11) is 1.36. The standard InChI is InChI=1S/C38H40N6O3/c1-47-38(46)31-15-10-28(11-16-31)23-43(22-27-4-2-26(21-39)3-5-27)37(45)32-17-18-34-33(20-32)42-35(44(34)24-29-6-7-29)19-12-25-8-13-30(14-9-25)36(40)41/h2-5,8-11,13-18,20,29H,6-7,12,19,21-24,39H2,1H3,(H3,40,41). The zero-order chi connectivity index (χ0) is 32.9. The molecule has 0 unspecified atom stereocenters. The van der Waals surface area contributed by atoms with Crippen molar-refractivity contribution >= 4 is 28.7 Å². The molecule has 47 heavy (non-hydrogen) atoms. The third kappa shape index (κ3) is 7.58. The maximum atomic E-state index is 14.2. The molecule has 1 aliphatic carbocycles. The number of aryl methyl sites for hydroxylation is 2. The molecule has 1 aliphatic rings. The number of aromatic nitrogens is 2. The van der Waals surface area contributed by atoms with E-state index in [1.807, 2.05) is 83.8 Å². The minimum absolute atomic E-state index is 0.0627. The fraction of sp³-hybridized carbons (Fsp3) is 0.263. The van der Waals surface area contributed by atoms with Crippen LogP contribution in [0.2, 0.25) is 0 Å². The maximum absolute atomic E-state index is 14.2. The molecule has 9 nitrogen and oxygen atoms in total. The molecule has 9 heteroatoms. The molecule has 0 spiro atoms. The summed E-state index contributed by atoms with van der Waals surface area (Å²) >= 11 is 0. The molecular formula is C38H40N6O3.